The van der Waals surface area contributed by atoms with Crippen molar-refractivity contribution in [3.8, 4) is 28.6 Å². The fourth-order valence-corrected chi connectivity index (χ4v) is 4.22. The molecule has 1 aromatic heterocycles. The number of benzene rings is 2. The molecule has 0 spiro atoms. The van der Waals surface area contributed by atoms with Crippen molar-refractivity contribution in [3.63, 3.8) is 0 Å². The minimum Gasteiger partial charge on any atom is -0.486 e. The molecule has 0 aliphatic carbocycles. The maximum atomic E-state index is 12.8. The van der Waals surface area contributed by atoms with Crippen molar-refractivity contribution in [3.05, 3.63) is 48.0 Å². The Morgan fingerprint density at radius 3 is 2.58 bits per heavy atom. The lowest BCUT2D eigenvalue weighted by atomic mass is 9.85. The minimum absolute atomic E-state index is 0.0334. The first kappa shape index (κ1) is 21.0. The Labute approximate surface area is 180 Å². The van der Waals surface area contributed by atoms with Crippen LogP contribution >= 0.6 is 0 Å². The van der Waals surface area contributed by atoms with Crippen LogP contribution in [0.25, 0.3) is 22.8 Å². The molecule has 0 bridgehead atoms. The van der Waals surface area contributed by atoms with Gasteiger partial charge in [-0.05, 0) is 43.2 Å². The number of nitrogens with zero attached hydrogens (tertiary/aromatic N) is 2. The first-order chi connectivity index (χ1) is 14.7. The summed E-state index contributed by atoms with van der Waals surface area (Å²) in [5.74, 6) is 1.17. The zero-order chi connectivity index (χ0) is 22.2. The van der Waals surface area contributed by atoms with Gasteiger partial charge in [-0.3, -0.25) is 9.52 Å². The standard InChI is InChI=1S/C22H23N3O5S/c1-4-22(5-2)13-18(26)17-12-15(9-10-19(17)29-22)21-23-20(24-30-21)14-7-6-8-16(11-14)25-31(3,27)28/h6-12,25H,4-5,13H2,1-3H3. The zero-order valence-corrected chi connectivity index (χ0v) is 18.3. The van der Waals surface area contributed by atoms with Crippen molar-refractivity contribution < 1.29 is 22.5 Å². The van der Waals surface area contributed by atoms with Crippen LogP contribution in [0.5, 0.6) is 5.75 Å². The Morgan fingerprint density at radius 1 is 1.10 bits per heavy atom. The summed E-state index contributed by atoms with van der Waals surface area (Å²) in [7, 11) is -3.40. The van der Waals surface area contributed by atoms with E-state index in [1.54, 1.807) is 42.5 Å². The van der Waals surface area contributed by atoms with Gasteiger partial charge >= 0.3 is 0 Å². The third-order valence-corrected chi connectivity index (χ3v) is 6.08. The molecule has 8 nitrogen and oxygen atoms in total. The molecule has 2 aromatic carbocycles. The van der Waals surface area contributed by atoms with Gasteiger partial charge in [0.25, 0.3) is 5.89 Å². The summed E-state index contributed by atoms with van der Waals surface area (Å²) in [4.78, 5) is 17.2. The summed E-state index contributed by atoms with van der Waals surface area (Å²) in [5.41, 5.74) is 1.67. The van der Waals surface area contributed by atoms with E-state index in [2.05, 4.69) is 14.9 Å². The topological polar surface area (TPSA) is 111 Å². The lowest BCUT2D eigenvalue weighted by Crippen LogP contribution is -2.40. The quantitative estimate of drug-likeness (QED) is 0.607. The van der Waals surface area contributed by atoms with Gasteiger partial charge in [-0.25, -0.2) is 8.42 Å². The molecule has 3 aromatic rings. The molecular formula is C22H23N3O5S. The highest BCUT2D eigenvalue weighted by Gasteiger charge is 2.37. The van der Waals surface area contributed by atoms with Crippen LogP contribution in [0.2, 0.25) is 0 Å². The van der Waals surface area contributed by atoms with E-state index in [9.17, 15) is 13.2 Å². The van der Waals surface area contributed by atoms with E-state index in [1.807, 2.05) is 13.8 Å². The summed E-state index contributed by atoms with van der Waals surface area (Å²) in [6, 6.07) is 12.0. The van der Waals surface area contributed by atoms with Crippen molar-refractivity contribution in [1.29, 1.82) is 0 Å². The van der Waals surface area contributed by atoms with Crippen LogP contribution in [0, 0.1) is 0 Å². The van der Waals surface area contributed by atoms with E-state index in [0.29, 0.717) is 40.4 Å². The van der Waals surface area contributed by atoms with E-state index in [1.165, 1.54) is 0 Å². The predicted octanol–water partition coefficient (Wildman–Crippen LogP) is 4.30. The van der Waals surface area contributed by atoms with Crippen molar-refractivity contribution in [2.75, 3.05) is 11.0 Å². The van der Waals surface area contributed by atoms with Crippen LogP contribution in [0.15, 0.2) is 47.0 Å². The van der Waals surface area contributed by atoms with Crippen LogP contribution in [0.1, 0.15) is 43.5 Å². The molecule has 1 aliphatic heterocycles. The number of Topliss-reactive ketones (excluding diaryl/α,β-unsaturated/α-hetero) is 1. The summed E-state index contributed by atoms with van der Waals surface area (Å²) in [6.45, 7) is 4.05. The maximum absolute atomic E-state index is 12.8. The Morgan fingerprint density at radius 2 is 1.87 bits per heavy atom. The van der Waals surface area contributed by atoms with Crippen LogP contribution in [-0.2, 0) is 10.0 Å². The summed E-state index contributed by atoms with van der Waals surface area (Å²) < 4.78 is 36.9. The number of carbonyl (C=O) groups excluding carboxylic acids is 1. The highest BCUT2D eigenvalue weighted by atomic mass is 32.2. The number of rotatable bonds is 6. The summed E-state index contributed by atoms with van der Waals surface area (Å²) in [5, 5.41) is 4.00. The van der Waals surface area contributed by atoms with Crippen molar-refractivity contribution in [2.45, 2.75) is 38.7 Å². The molecule has 0 saturated carbocycles. The number of anilines is 1. The number of hydrogen-bond donors (Lipinski definition) is 1. The Hall–Kier alpha value is -3.20. The molecule has 0 saturated heterocycles. The highest BCUT2D eigenvalue weighted by molar-refractivity contribution is 7.92. The number of hydrogen-bond acceptors (Lipinski definition) is 7. The van der Waals surface area contributed by atoms with Gasteiger partial charge in [0, 0.05) is 16.8 Å². The van der Waals surface area contributed by atoms with Gasteiger partial charge in [0.2, 0.25) is 15.8 Å². The number of nitrogens with one attached hydrogen (secondary N) is 1. The average molecular weight is 442 g/mol. The Bertz CT molecular complexity index is 1250. The molecule has 4 rings (SSSR count). The van der Waals surface area contributed by atoms with Gasteiger partial charge < -0.3 is 9.26 Å². The second-order valence-electron chi connectivity index (χ2n) is 7.68. The average Bonchev–Trinajstić information content (AvgIpc) is 3.23. The number of ether oxygens (including phenoxy) is 1. The molecule has 0 unspecified atom stereocenters. The van der Waals surface area contributed by atoms with Crippen molar-refractivity contribution in [2.24, 2.45) is 0 Å². The second-order valence-corrected chi connectivity index (χ2v) is 9.43. The number of sulfonamides is 1. The van der Waals surface area contributed by atoms with Gasteiger partial charge in [0.1, 0.15) is 11.4 Å². The minimum atomic E-state index is -3.40. The molecule has 31 heavy (non-hydrogen) atoms. The van der Waals surface area contributed by atoms with E-state index < -0.39 is 15.6 Å². The van der Waals surface area contributed by atoms with E-state index in [4.69, 9.17) is 9.26 Å². The fourth-order valence-electron chi connectivity index (χ4n) is 3.67. The molecule has 9 heteroatoms. The first-order valence-corrected chi connectivity index (χ1v) is 11.9. The normalized spacial score (nSPS) is 15.3. The number of fused-ring (bicyclic) bond motifs is 1. The largest absolute Gasteiger partial charge is 0.486 e. The number of aromatic nitrogens is 2. The molecule has 0 radical (unpaired) electrons. The van der Waals surface area contributed by atoms with Crippen LogP contribution in [0.3, 0.4) is 0 Å². The van der Waals surface area contributed by atoms with Crippen LogP contribution < -0.4 is 9.46 Å². The summed E-state index contributed by atoms with van der Waals surface area (Å²) >= 11 is 0. The lowest BCUT2D eigenvalue weighted by Gasteiger charge is -2.36. The molecule has 0 atom stereocenters. The Balaban J connectivity index is 1.63. The van der Waals surface area contributed by atoms with E-state index in [-0.39, 0.29) is 11.7 Å². The number of carbonyl (C=O) groups is 1. The van der Waals surface area contributed by atoms with Gasteiger partial charge in [-0.15, -0.1) is 0 Å². The van der Waals surface area contributed by atoms with E-state index in [0.717, 1.165) is 19.1 Å². The van der Waals surface area contributed by atoms with Gasteiger partial charge in [-0.1, -0.05) is 31.1 Å². The second kappa shape index (κ2) is 7.81. The fraction of sp³-hybridized carbons (Fsp3) is 0.318. The van der Waals surface area contributed by atoms with Gasteiger partial charge in [0.05, 0.1) is 18.2 Å². The SMILES string of the molecule is CCC1(CC)CC(=O)c2cc(-c3nc(-c4cccc(NS(C)(=O)=O)c4)no3)ccc2O1. The molecule has 162 valence electrons. The molecular weight excluding hydrogens is 418 g/mol. The van der Waals surface area contributed by atoms with Crippen molar-refractivity contribution >= 4 is 21.5 Å². The third kappa shape index (κ3) is 4.32. The summed E-state index contributed by atoms with van der Waals surface area (Å²) in [6.07, 6.45) is 2.94. The molecule has 1 aliphatic rings. The molecule has 1 N–H and O–H groups in total. The predicted molar refractivity (Wildman–Crippen MR) is 117 cm³/mol. The van der Waals surface area contributed by atoms with Gasteiger partial charge in [-0.2, -0.15) is 4.98 Å². The molecule has 0 amide bonds. The molecule has 0 fully saturated rings. The lowest BCUT2D eigenvalue weighted by molar-refractivity contribution is 0.0350. The van der Waals surface area contributed by atoms with Gasteiger partial charge in [0.15, 0.2) is 5.78 Å². The third-order valence-electron chi connectivity index (χ3n) is 5.47. The number of ketones is 1. The Kier molecular flexibility index (Phi) is 5.30. The van der Waals surface area contributed by atoms with Crippen LogP contribution in [-0.4, -0.2) is 36.2 Å². The first-order valence-electron chi connectivity index (χ1n) is 10.0. The molecule has 2 heterocycles. The highest BCUT2D eigenvalue weighted by Crippen LogP contribution is 2.39. The monoisotopic (exact) mass is 441 g/mol. The zero-order valence-electron chi connectivity index (χ0n) is 17.5. The van der Waals surface area contributed by atoms with Crippen LogP contribution in [0.4, 0.5) is 5.69 Å². The maximum Gasteiger partial charge on any atom is 0.258 e. The van der Waals surface area contributed by atoms with E-state index >= 15 is 0 Å². The smallest absolute Gasteiger partial charge is 0.258 e. The van der Waals surface area contributed by atoms with Crippen molar-refractivity contribution in [1.82, 2.24) is 10.1 Å².